The highest BCUT2D eigenvalue weighted by molar-refractivity contribution is 5.63. The number of ether oxygens (including phenoxy) is 1. The molecule has 28 heavy (non-hydrogen) atoms. The van der Waals surface area contributed by atoms with Crippen molar-refractivity contribution in [2.24, 2.45) is 0 Å². The molecular formula is C22H28N4O2. The molecule has 0 saturated carbocycles. The van der Waals surface area contributed by atoms with Gasteiger partial charge in [-0.3, -0.25) is 10.00 Å². The van der Waals surface area contributed by atoms with Gasteiger partial charge in [-0.1, -0.05) is 0 Å². The Labute approximate surface area is 165 Å². The van der Waals surface area contributed by atoms with E-state index in [1.807, 2.05) is 25.3 Å². The molecule has 0 bridgehead atoms. The van der Waals surface area contributed by atoms with Gasteiger partial charge in [-0.05, 0) is 69.3 Å². The average Bonchev–Trinajstić information content (AvgIpc) is 3.48. The zero-order valence-electron chi connectivity index (χ0n) is 16.6. The van der Waals surface area contributed by atoms with Gasteiger partial charge in [-0.15, -0.1) is 0 Å². The van der Waals surface area contributed by atoms with Crippen LogP contribution < -0.4 is 10.1 Å². The second-order valence-electron chi connectivity index (χ2n) is 7.34. The van der Waals surface area contributed by atoms with Crippen molar-refractivity contribution in [3.63, 3.8) is 0 Å². The van der Waals surface area contributed by atoms with Crippen LogP contribution >= 0.6 is 0 Å². The van der Waals surface area contributed by atoms with Crippen LogP contribution in [0, 0.1) is 6.92 Å². The number of hydrogen-bond acceptors (Lipinski definition) is 5. The van der Waals surface area contributed by atoms with Crippen molar-refractivity contribution in [1.82, 2.24) is 20.4 Å². The number of methoxy groups -OCH3 is 1. The molecule has 1 saturated heterocycles. The minimum absolute atomic E-state index is 0.271. The number of rotatable bonds is 8. The summed E-state index contributed by atoms with van der Waals surface area (Å²) in [5.74, 6) is 2.87. The number of hydrogen-bond donors (Lipinski definition) is 2. The third kappa shape index (κ3) is 4.13. The molecule has 3 heterocycles. The summed E-state index contributed by atoms with van der Waals surface area (Å²) < 4.78 is 11.2. The Balaban J connectivity index is 1.43. The standard InChI is InChI=1S/C22H28N4O2/c1-16-5-10-21(28-16)20(26-11-3-4-12-26)15-23-13-18-14-24-25-22(18)17-6-8-19(27-2)9-7-17/h5-10,14,20,23H,3-4,11-13,15H2,1-2H3,(H,24,25). The molecular weight excluding hydrogens is 352 g/mol. The first-order chi connectivity index (χ1) is 13.7. The SMILES string of the molecule is COc1ccc(-c2[nH]ncc2CNCC(c2ccc(C)o2)N2CCCC2)cc1. The summed E-state index contributed by atoms with van der Waals surface area (Å²) in [5.41, 5.74) is 3.30. The predicted molar refractivity (Wildman–Crippen MR) is 109 cm³/mol. The van der Waals surface area contributed by atoms with Gasteiger partial charge in [-0.25, -0.2) is 0 Å². The molecule has 6 heteroatoms. The molecule has 4 rings (SSSR count). The molecule has 0 amide bonds. The zero-order valence-corrected chi connectivity index (χ0v) is 16.6. The lowest BCUT2D eigenvalue weighted by atomic mass is 10.1. The molecule has 0 spiro atoms. The first-order valence-corrected chi connectivity index (χ1v) is 9.92. The highest BCUT2D eigenvalue weighted by Crippen LogP contribution is 2.27. The van der Waals surface area contributed by atoms with Crippen LogP contribution in [-0.4, -0.2) is 41.8 Å². The first kappa shape index (κ1) is 18.8. The van der Waals surface area contributed by atoms with Crippen LogP contribution in [0.2, 0.25) is 0 Å². The highest BCUT2D eigenvalue weighted by atomic mass is 16.5. The summed E-state index contributed by atoms with van der Waals surface area (Å²) in [5, 5.41) is 11.0. The van der Waals surface area contributed by atoms with E-state index in [-0.39, 0.29) is 6.04 Å². The normalized spacial score (nSPS) is 15.8. The van der Waals surface area contributed by atoms with Gasteiger partial charge in [-0.2, -0.15) is 5.10 Å². The highest BCUT2D eigenvalue weighted by Gasteiger charge is 2.25. The van der Waals surface area contributed by atoms with Crippen molar-refractivity contribution < 1.29 is 9.15 Å². The van der Waals surface area contributed by atoms with Crippen LogP contribution in [0.5, 0.6) is 5.75 Å². The average molecular weight is 380 g/mol. The second-order valence-corrected chi connectivity index (χ2v) is 7.34. The van der Waals surface area contributed by atoms with Gasteiger partial charge in [0.05, 0.1) is 25.0 Å². The van der Waals surface area contributed by atoms with E-state index in [1.165, 1.54) is 12.8 Å². The Hall–Kier alpha value is -2.57. The maximum absolute atomic E-state index is 5.95. The van der Waals surface area contributed by atoms with Crippen molar-refractivity contribution in [1.29, 1.82) is 0 Å². The molecule has 3 aromatic rings. The second kappa shape index (κ2) is 8.63. The smallest absolute Gasteiger partial charge is 0.122 e. The summed E-state index contributed by atoms with van der Waals surface area (Å²) in [6, 6.07) is 12.5. The summed E-state index contributed by atoms with van der Waals surface area (Å²) in [6.45, 7) is 5.87. The molecule has 2 N–H and O–H groups in total. The molecule has 1 aromatic carbocycles. The van der Waals surface area contributed by atoms with Crippen molar-refractivity contribution >= 4 is 0 Å². The maximum Gasteiger partial charge on any atom is 0.122 e. The molecule has 148 valence electrons. The predicted octanol–water partition coefficient (Wildman–Crippen LogP) is 3.91. The fourth-order valence-corrected chi connectivity index (χ4v) is 3.89. The number of aryl methyl sites for hydroxylation is 1. The minimum Gasteiger partial charge on any atom is -0.497 e. The number of benzene rings is 1. The van der Waals surface area contributed by atoms with Crippen LogP contribution in [0.25, 0.3) is 11.3 Å². The monoisotopic (exact) mass is 380 g/mol. The van der Waals surface area contributed by atoms with Gasteiger partial charge in [0.1, 0.15) is 17.3 Å². The van der Waals surface area contributed by atoms with Crippen molar-refractivity contribution in [2.45, 2.75) is 32.4 Å². The number of H-pyrrole nitrogens is 1. The van der Waals surface area contributed by atoms with Crippen LogP contribution in [0.3, 0.4) is 0 Å². The molecule has 1 aliphatic rings. The summed E-state index contributed by atoms with van der Waals surface area (Å²) >= 11 is 0. The van der Waals surface area contributed by atoms with E-state index in [9.17, 15) is 0 Å². The fourth-order valence-electron chi connectivity index (χ4n) is 3.89. The molecule has 0 radical (unpaired) electrons. The lowest BCUT2D eigenvalue weighted by molar-refractivity contribution is 0.207. The van der Waals surface area contributed by atoms with Gasteiger partial charge in [0.15, 0.2) is 0 Å². The van der Waals surface area contributed by atoms with Gasteiger partial charge in [0, 0.05) is 24.2 Å². The van der Waals surface area contributed by atoms with Crippen molar-refractivity contribution in [3.05, 3.63) is 59.7 Å². The molecule has 2 aromatic heterocycles. The maximum atomic E-state index is 5.95. The minimum atomic E-state index is 0.271. The quantitative estimate of drug-likeness (QED) is 0.620. The lowest BCUT2D eigenvalue weighted by Gasteiger charge is -2.26. The number of likely N-dealkylation sites (tertiary alicyclic amines) is 1. The van der Waals surface area contributed by atoms with E-state index in [4.69, 9.17) is 9.15 Å². The van der Waals surface area contributed by atoms with E-state index < -0.39 is 0 Å². The molecule has 1 fully saturated rings. The van der Waals surface area contributed by atoms with Gasteiger partial charge in [0.25, 0.3) is 0 Å². The van der Waals surface area contributed by atoms with Gasteiger partial charge < -0.3 is 14.5 Å². The molecule has 1 aliphatic heterocycles. The lowest BCUT2D eigenvalue weighted by Crippen LogP contribution is -2.33. The summed E-state index contributed by atoms with van der Waals surface area (Å²) in [4.78, 5) is 2.52. The van der Waals surface area contributed by atoms with Crippen LogP contribution in [0.1, 0.15) is 36.0 Å². The summed E-state index contributed by atoms with van der Waals surface area (Å²) in [6.07, 6.45) is 4.42. The molecule has 0 aliphatic carbocycles. The van der Waals surface area contributed by atoms with Crippen LogP contribution in [0.15, 0.2) is 47.0 Å². The Bertz CT molecular complexity index is 878. The van der Waals surface area contributed by atoms with Crippen molar-refractivity contribution in [2.75, 3.05) is 26.7 Å². The Morgan fingerprint density at radius 1 is 1.18 bits per heavy atom. The summed E-state index contributed by atoms with van der Waals surface area (Å²) in [7, 11) is 1.68. The molecule has 1 atom stereocenters. The Kier molecular flexibility index (Phi) is 5.78. The van der Waals surface area contributed by atoms with Gasteiger partial charge in [0.2, 0.25) is 0 Å². The Morgan fingerprint density at radius 3 is 2.64 bits per heavy atom. The number of aromatic amines is 1. The third-order valence-electron chi connectivity index (χ3n) is 5.42. The number of aromatic nitrogens is 2. The van der Waals surface area contributed by atoms with Crippen molar-refractivity contribution in [3.8, 4) is 17.0 Å². The van der Waals surface area contributed by atoms with E-state index in [0.29, 0.717) is 0 Å². The topological polar surface area (TPSA) is 66.3 Å². The third-order valence-corrected chi connectivity index (χ3v) is 5.42. The van der Waals surface area contributed by atoms with Gasteiger partial charge >= 0.3 is 0 Å². The van der Waals surface area contributed by atoms with E-state index >= 15 is 0 Å². The molecule has 1 unspecified atom stereocenters. The zero-order chi connectivity index (χ0) is 19.3. The number of furan rings is 1. The van der Waals surface area contributed by atoms with E-state index in [0.717, 1.165) is 60.3 Å². The van der Waals surface area contributed by atoms with E-state index in [1.54, 1.807) is 7.11 Å². The number of nitrogens with zero attached hydrogens (tertiary/aromatic N) is 2. The van der Waals surface area contributed by atoms with Crippen LogP contribution in [-0.2, 0) is 6.54 Å². The Morgan fingerprint density at radius 2 is 1.96 bits per heavy atom. The number of nitrogens with one attached hydrogen (secondary N) is 2. The van der Waals surface area contributed by atoms with E-state index in [2.05, 4.69) is 44.7 Å². The largest absolute Gasteiger partial charge is 0.497 e. The van der Waals surface area contributed by atoms with Crippen LogP contribution in [0.4, 0.5) is 0 Å². The molecule has 6 nitrogen and oxygen atoms in total. The first-order valence-electron chi connectivity index (χ1n) is 9.92. The fraction of sp³-hybridized carbons (Fsp3) is 0.409.